The van der Waals surface area contributed by atoms with Crippen molar-refractivity contribution in [2.24, 2.45) is 5.92 Å². The number of para-hydroxylation sites is 1. The largest absolute Gasteiger partial charge is 0.457 e. The van der Waals surface area contributed by atoms with Crippen LogP contribution in [0.3, 0.4) is 0 Å². The van der Waals surface area contributed by atoms with Gasteiger partial charge >= 0.3 is 0 Å². The molecule has 0 amide bonds. The first-order valence-corrected chi connectivity index (χ1v) is 15.0. The molecule has 1 aliphatic heterocycles. The van der Waals surface area contributed by atoms with E-state index in [0.717, 1.165) is 23.2 Å². The maximum Gasteiger partial charge on any atom is 0.134 e. The first-order chi connectivity index (χ1) is 20.4. The third-order valence-electron chi connectivity index (χ3n) is 9.52. The highest BCUT2D eigenvalue weighted by Gasteiger charge is 2.42. The van der Waals surface area contributed by atoms with Gasteiger partial charge in [0.1, 0.15) is 11.3 Å². The Morgan fingerprint density at radius 2 is 1.76 bits per heavy atom. The highest BCUT2D eigenvalue weighted by Crippen LogP contribution is 2.50. The van der Waals surface area contributed by atoms with Gasteiger partial charge in [-0.1, -0.05) is 117 Å². The summed E-state index contributed by atoms with van der Waals surface area (Å²) in [6.45, 7) is 10.9. The zero-order chi connectivity index (χ0) is 28.8. The lowest BCUT2D eigenvalue weighted by atomic mass is 9.67. The van der Waals surface area contributed by atoms with Crippen molar-refractivity contribution in [3.8, 4) is 0 Å². The molecule has 3 aliphatic rings. The van der Waals surface area contributed by atoms with E-state index in [4.69, 9.17) is 4.42 Å². The summed E-state index contributed by atoms with van der Waals surface area (Å²) in [5, 5.41) is 1.11. The number of anilines is 1. The molecule has 3 atom stereocenters. The van der Waals surface area contributed by atoms with Crippen LogP contribution in [0.1, 0.15) is 55.6 Å². The van der Waals surface area contributed by atoms with Gasteiger partial charge in [0.25, 0.3) is 0 Å². The van der Waals surface area contributed by atoms with Crippen LogP contribution in [0.4, 0.5) is 5.69 Å². The van der Waals surface area contributed by atoms with Crippen molar-refractivity contribution in [3.05, 3.63) is 162 Å². The maximum absolute atomic E-state index is 5.99. The van der Waals surface area contributed by atoms with Crippen LogP contribution in [0, 0.1) is 5.92 Å². The predicted molar refractivity (Wildman–Crippen MR) is 177 cm³/mol. The van der Waals surface area contributed by atoms with E-state index in [2.05, 4.69) is 141 Å². The first-order valence-electron chi connectivity index (χ1n) is 15.0. The summed E-state index contributed by atoms with van der Waals surface area (Å²) in [6.07, 6.45) is 18.6. The maximum atomic E-state index is 5.99. The van der Waals surface area contributed by atoms with Crippen molar-refractivity contribution < 1.29 is 4.42 Å². The molecule has 2 heteroatoms. The Hall–Kier alpha value is -4.56. The van der Waals surface area contributed by atoms with Gasteiger partial charge in [0.05, 0.1) is 6.04 Å². The summed E-state index contributed by atoms with van der Waals surface area (Å²) in [7, 11) is 0. The molecule has 0 bridgehead atoms. The van der Waals surface area contributed by atoms with Crippen molar-refractivity contribution in [2.75, 3.05) is 4.90 Å². The van der Waals surface area contributed by atoms with Crippen molar-refractivity contribution in [1.82, 2.24) is 0 Å². The Morgan fingerprint density at radius 3 is 2.60 bits per heavy atom. The minimum Gasteiger partial charge on any atom is -0.457 e. The topological polar surface area (TPSA) is 16.4 Å². The van der Waals surface area contributed by atoms with Gasteiger partial charge in [0.15, 0.2) is 0 Å². The molecule has 3 aromatic carbocycles. The molecule has 0 fully saturated rings. The molecule has 0 saturated carbocycles. The van der Waals surface area contributed by atoms with Crippen LogP contribution in [0.25, 0.3) is 22.6 Å². The third kappa shape index (κ3) is 4.43. The van der Waals surface area contributed by atoms with Crippen LogP contribution < -0.4 is 4.90 Å². The summed E-state index contributed by atoms with van der Waals surface area (Å²) < 4.78 is 5.99. The zero-order valence-electron chi connectivity index (χ0n) is 24.6. The number of nitrogens with zero attached hydrogens (tertiary/aromatic N) is 1. The monoisotopic (exact) mass is 547 g/mol. The Morgan fingerprint density at radius 1 is 0.952 bits per heavy atom. The molecule has 1 aromatic heterocycles. The third-order valence-corrected chi connectivity index (χ3v) is 9.52. The highest BCUT2D eigenvalue weighted by molar-refractivity contribution is 5.88. The molecule has 2 aliphatic carbocycles. The zero-order valence-corrected chi connectivity index (χ0v) is 24.6. The molecule has 2 nitrogen and oxygen atoms in total. The number of allylic oxidation sites excluding steroid dienone is 8. The van der Waals surface area contributed by atoms with E-state index in [1.807, 2.05) is 12.2 Å². The van der Waals surface area contributed by atoms with Crippen LogP contribution in [0.15, 0.2) is 144 Å². The molecule has 208 valence electrons. The van der Waals surface area contributed by atoms with Crippen LogP contribution in [0.5, 0.6) is 0 Å². The van der Waals surface area contributed by atoms with E-state index in [9.17, 15) is 0 Å². The van der Waals surface area contributed by atoms with E-state index in [0.29, 0.717) is 11.8 Å². The molecule has 4 aromatic rings. The number of benzene rings is 3. The van der Waals surface area contributed by atoms with Crippen molar-refractivity contribution in [2.45, 2.75) is 44.6 Å². The van der Waals surface area contributed by atoms with E-state index in [1.165, 1.54) is 39.2 Å². The van der Waals surface area contributed by atoms with Crippen LogP contribution in [0.2, 0.25) is 0 Å². The van der Waals surface area contributed by atoms with Crippen LogP contribution >= 0.6 is 0 Å². The Balaban J connectivity index is 1.22. The second-order valence-corrected chi connectivity index (χ2v) is 12.3. The lowest BCUT2D eigenvalue weighted by Crippen LogP contribution is -2.37. The Kier molecular flexibility index (Phi) is 6.50. The molecule has 0 saturated heterocycles. The van der Waals surface area contributed by atoms with Crippen LogP contribution in [-0.2, 0) is 5.41 Å². The lowest BCUT2D eigenvalue weighted by Gasteiger charge is -2.41. The average Bonchev–Trinajstić information content (AvgIpc) is 3.58. The number of hydrogen-bond acceptors (Lipinski definition) is 2. The van der Waals surface area contributed by atoms with Crippen molar-refractivity contribution in [1.29, 1.82) is 0 Å². The van der Waals surface area contributed by atoms with Gasteiger partial charge in [-0.3, -0.25) is 0 Å². The van der Waals surface area contributed by atoms with E-state index in [-0.39, 0.29) is 11.5 Å². The van der Waals surface area contributed by atoms with Crippen LogP contribution in [-0.4, -0.2) is 6.04 Å². The minimum atomic E-state index is 0.0303. The van der Waals surface area contributed by atoms with E-state index in [1.54, 1.807) is 6.08 Å². The molecular formula is C40H37NO. The van der Waals surface area contributed by atoms with Gasteiger partial charge < -0.3 is 9.32 Å². The van der Waals surface area contributed by atoms with E-state index >= 15 is 0 Å². The molecule has 0 N–H and O–H groups in total. The fourth-order valence-corrected chi connectivity index (χ4v) is 7.22. The summed E-state index contributed by atoms with van der Waals surface area (Å²) in [5.41, 5.74) is 10.4. The fraction of sp³-hybridized carbons (Fsp3) is 0.200. The van der Waals surface area contributed by atoms with Gasteiger partial charge in [-0.25, -0.2) is 0 Å². The van der Waals surface area contributed by atoms with Crippen molar-refractivity contribution >= 4 is 28.3 Å². The van der Waals surface area contributed by atoms with Gasteiger partial charge in [0.2, 0.25) is 0 Å². The lowest BCUT2D eigenvalue weighted by molar-refractivity contribution is 0.355. The summed E-state index contributed by atoms with van der Waals surface area (Å²) in [4.78, 5) is 2.61. The molecule has 3 unspecified atom stereocenters. The quantitative estimate of drug-likeness (QED) is 0.223. The minimum absolute atomic E-state index is 0.0303. The van der Waals surface area contributed by atoms with Gasteiger partial charge in [-0.05, 0) is 83.4 Å². The Labute approximate surface area is 249 Å². The first kappa shape index (κ1) is 26.3. The summed E-state index contributed by atoms with van der Waals surface area (Å²) in [6, 6.07) is 28.8. The molecule has 0 spiro atoms. The smallest absolute Gasteiger partial charge is 0.134 e. The Bertz CT molecular complexity index is 1820. The standard InChI is InChI=1S/C40H37NO/c1-5-6-14-33-24-30-23-28(19-22-39(30)42-33)29-18-21-38-35(25-29)34-15-10-11-16-37(34)41(38)32-20-17-27(2)36(26-32)40(3,4)31-12-8-7-9-13-31/h5-25,35-36,38H,1,26H2,2-4H3/b14-6-. The normalized spacial score (nSPS) is 21.6. The molecule has 7 rings (SSSR count). The highest BCUT2D eigenvalue weighted by atomic mass is 16.3. The predicted octanol–water partition coefficient (Wildman–Crippen LogP) is 10.4. The van der Waals surface area contributed by atoms with Crippen molar-refractivity contribution in [3.63, 3.8) is 0 Å². The molecule has 42 heavy (non-hydrogen) atoms. The second kappa shape index (κ2) is 10.4. The van der Waals surface area contributed by atoms with Gasteiger partial charge in [0, 0.05) is 22.7 Å². The average molecular weight is 548 g/mol. The summed E-state index contributed by atoms with van der Waals surface area (Å²) in [5.74, 6) is 1.56. The van der Waals surface area contributed by atoms with E-state index < -0.39 is 0 Å². The summed E-state index contributed by atoms with van der Waals surface area (Å²) >= 11 is 0. The van der Waals surface area contributed by atoms with Gasteiger partial charge in [-0.15, -0.1) is 0 Å². The number of hydrogen-bond donors (Lipinski definition) is 0. The number of fused-ring (bicyclic) bond motifs is 4. The molecular weight excluding hydrogens is 510 g/mol. The SMILES string of the molecule is C=C/C=C\c1cc2cc(C3=CC4c5ccccc5N(C5=CC=C(C)C(C(C)(C)c6ccccc6)C5)C4C=C3)ccc2o1. The number of rotatable bonds is 6. The van der Waals surface area contributed by atoms with Gasteiger partial charge in [-0.2, -0.15) is 0 Å². The number of furan rings is 1. The molecule has 2 heterocycles. The fourth-order valence-electron chi connectivity index (χ4n) is 7.22. The second-order valence-electron chi connectivity index (χ2n) is 12.3. The molecule has 0 radical (unpaired) electrons.